The minimum absolute atomic E-state index is 0. The minimum Gasteiger partial charge on any atom is -0.466 e. The molecule has 2 fully saturated rings. The number of carbonyl (C=O) groups excluding carboxylic acids is 1. The fourth-order valence-corrected chi connectivity index (χ4v) is 4.38. The molecule has 1 atom stereocenters. The maximum Gasteiger partial charge on any atom is 0.310 e. The number of hydrogen-bond acceptors (Lipinski definition) is 4. The predicted molar refractivity (Wildman–Crippen MR) is 130 cm³/mol. The fourth-order valence-electron chi connectivity index (χ4n) is 4.38. The summed E-state index contributed by atoms with van der Waals surface area (Å²) in [6, 6.07) is 6.80. The quantitative estimate of drug-likeness (QED) is 0.255. The van der Waals surface area contributed by atoms with Gasteiger partial charge in [0.05, 0.1) is 19.1 Å². The van der Waals surface area contributed by atoms with Crippen LogP contribution in [0, 0.1) is 11.7 Å². The number of benzene rings is 1. The van der Waals surface area contributed by atoms with E-state index in [1.54, 1.807) is 0 Å². The highest BCUT2D eigenvalue weighted by atomic mass is 127. The van der Waals surface area contributed by atoms with E-state index in [2.05, 4.69) is 10.2 Å². The molecule has 0 aromatic heterocycles. The molecule has 6 nitrogen and oxygen atoms in total. The number of hydrogen-bond donors (Lipinski definition) is 1. The zero-order valence-corrected chi connectivity index (χ0v) is 20.9. The normalized spacial score (nSPS) is 21.2. The third-order valence-electron chi connectivity index (χ3n) is 6.11. The Morgan fingerprint density at radius 1 is 1.29 bits per heavy atom. The summed E-state index contributed by atoms with van der Waals surface area (Å²) in [7, 11) is 0. The van der Waals surface area contributed by atoms with Crippen molar-refractivity contribution in [2.75, 3.05) is 46.0 Å². The van der Waals surface area contributed by atoms with E-state index in [1.807, 2.05) is 26.0 Å². The smallest absolute Gasteiger partial charge is 0.310 e. The highest BCUT2D eigenvalue weighted by Crippen LogP contribution is 2.35. The van der Waals surface area contributed by atoms with Crippen molar-refractivity contribution < 1.29 is 18.7 Å². The van der Waals surface area contributed by atoms with Crippen LogP contribution in [0.3, 0.4) is 0 Å². The van der Waals surface area contributed by atoms with Gasteiger partial charge in [0.1, 0.15) is 5.82 Å². The van der Waals surface area contributed by atoms with Gasteiger partial charge in [-0.3, -0.25) is 9.79 Å². The van der Waals surface area contributed by atoms with Gasteiger partial charge in [0.25, 0.3) is 0 Å². The summed E-state index contributed by atoms with van der Waals surface area (Å²) >= 11 is 0. The van der Waals surface area contributed by atoms with Gasteiger partial charge in [0.2, 0.25) is 0 Å². The summed E-state index contributed by atoms with van der Waals surface area (Å²) in [6.45, 7) is 8.50. The van der Waals surface area contributed by atoms with Crippen LogP contribution in [0.4, 0.5) is 4.39 Å². The van der Waals surface area contributed by atoms with Gasteiger partial charge in [-0.15, -0.1) is 24.0 Å². The first kappa shape index (κ1) is 25.8. The monoisotopic (exact) mass is 547 g/mol. The Morgan fingerprint density at radius 2 is 2.00 bits per heavy atom. The predicted octanol–water partition coefficient (Wildman–Crippen LogP) is 3.73. The first-order chi connectivity index (χ1) is 14.6. The molecule has 0 bridgehead atoms. The van der Waals surface area contributed by atoms with Crippen LogP contribution in [0.1, 0.15) is 45.1 Å². The van der Waals surface area contributed by atoms with E-state index in [1.165, 1.54) is 12.1 Å². The number of likely N-dealkylation sites (tertiary alicyclic amines) is 1. The molecule has 1 aromatic rings. The van der Waals surface area contributed by atoms with Crippen LogP contribution in [0.15, 0.2) is 29.3 Å². The van der Waals surface area contributed by atoms with Gasteiger partial charge >= 0.3 is 5.97 Å². The average molecular weight is 547 g/mol. The lowest BCUT2D eigenvalue weighted by Gasteiger charge is -2.38. The largest absolute Gasteiger partial charge is 0.466 e. The molecule has 0 amide bonds. The number of halogens is 2. The molecular weight excluding hydrogens is 512 g/mol. The molecule has 1 N–H and O–H groups in total. The van der Waals surface area contributed by atoms with Crippen LogP contribution in [-0.4, -0.2) is 62.8 Å². The maximum atomic E-state index is 13.5. The van der Waals surface area contributed by atoms with Gasteiger partial charge in [-0.2, -0.15) is 0 Å². The van der Waals surface area contributed by atoms with Crippen molar-refractivity contribution in [2.45, 2.75) is 44.9 Å². The van der Waals surface area contributed by atoms with E-state index >= 15 is 0 Å². The number of nitrogens with one attached hydrogen (secondary N) is 1. The first-order valence-electron chi connectivity index (χ1n) is 11.1. The van der Waals surface area contributed by atoms with Crippen molar-refractivity contribution in [3.63, 3.8) is 0 Å². The summed E-state index contributed by atoms with van der Waals surface area (Å²) in [5.41, 5.74) is 0.943. The van der Waals surface area contributed by atoms with Crippen molar-refractivity contribution in [3.8, 4) is 0 Å². The van der Waals surface area contributed by atoms with Gasteiger partial charge in [0, 0.05) is 38.3 Å². The standard InChI is InChI=1S/C23H34FN3O3.HI/c1-3-25-22(27-13-5-6-18(16-27)21(28)30-4-2)26-17-23(11-14-29-15-12-23)19-7-9-20(24)10-8-19;/h7-10,18H,3-6,11-17H2,1-2H3,(H,25,26);1H. The molecule has 8 heteroatoms. The Bertz CT molecular complexity index is 723. The molecule has 0 radical (unpaired) electrons. The number of ether oxygens (including phenoxy) is 2. The molecule has 0 saturated carbocycles. The molecule has 31 heavy (non-hydrogen) atoms. The van der Waals surface area contributed by atoms with Crippen molar-refractivity contribution in [3.05, 3.63) is 35.6 Å². The third-order valence-corrected chi connectivity index (χ3v) is 6.11. The van der Waals surface area contributed by atoms with E-state index in [4.69, 9.17) is 14.5 Å². The van der Waals surface area contributed by atoms with Crippen molar-refractivity contribution in [1.82, 2.24) is 10.2 Å². The third kappa shape index (κ3) is 6.78. The molecule has 2 saturated heterocycles. The highest BCUT2D eigenvalue weighted by molar-refractivity contribution is 14.0. The van der Waals surface area contributed by atoms with Gasteiger partial charge in [-0.05, 0) is 57.2 Å². The van der Waals surface area contributed by atoms with Gasteiger partial charge in [0.15, 0.2) is 5.96 Å². The Hall–Kier alpha value is -1.42. The maximum absolute atomic E-state index is 13.5. The molecule has 1 unspecified atom stereocenters. The van der Waals surface area contributed by atoms with Crippen molar-refractivity contribution in [2.24, 2.45) is 10.9 Å². The number of nitrogens with zero attached hydrogens (tertiary/aromatic N) is 2. The lowest BCUT2D eigenvalue weighted by Crippen LogP contribution is -2.49. The van der Waals surface area contributed by atoms with E-state index in [0.29, 0.717) is 32.9 Å². The van der Waals surface area contributed by atoms with Gasteiger partial charge in [-0.1, -0.05) is 12.1 Å². The number of carbonyl (C=O) groups is 1. The Labute approximate surface area is 202 Å². The SMILES string of the molecule is CCNC(=NCC1(c2ccc(F)cc2)CCOCC1)N1CCCC(C(=O)OCC)C1.I. The topological polar surface area (TPSA) is 63.2 Å². The first-order valence-corrected chi connectivity index (χ1v) is 11.1. The number of esters is 1. The lowest BCUT2D eigenvalue weighted by atomic mass is 9.74. The number of rotatable bonds is 6. The molecule has 2 aliphatic rings. The van der Waals surface area contributed by atoms with E-state index < -0.39 is 0 Å². The summed E-state index contributed by atoms with van der Waals surface area (Å²) in [6.07, 6.45) is 3.50. The van der Waals surface area contributed by atoms with E-state index in [9.17, 15) is 9.18 Å². The fraction of sp³-hybridized carbons (Fsp3) is 0.652. The Balaban J connectivity index is 0.00000341. The molecule has 2 aliphatic heterocycles. The Kier molecular flexibility index (Phi) is 10.5. The number of piperidine rings is 1. The van der Waals surface area contributed by atoms with Crippen LogP contribution < -0.4 is 5.32 Å². The molecule has 2 heterocycles. The second-order valence-corrected chi connectivity index (χ2v) is 8.11. The second-order valence-electron chi connectivity index (χ2n) is 8.11. The van der Waals surface area contributed by atoms with E-state index in [-0.39, 0.29) is 47.1 Å². The minimum atomic E-state index is -0.226. The summed E-state index contributed by atoms with van der Waals surface area (Å²) < 4.78 is 24.3. The number of guanidine groups is 1. The summed E-state index contributed by atoms with van der Waals surface area (Å²) in [5, 5.41) is 3.39. The van der Waals surface area contributed by atoms with Crippen LogP contribution in [0.5, 0.6) is 0 Å². The number of aliphatic imine (C=N–C) groups is 1. The van der Waals surface area contributed by atoms with Crippen molar-refractivity contribution >= 4 is 35.9 Å². The Morgan fingerprint density at radius 3 is 2.65 bits per heavy atom. The van der Waals surface area contributed by atoms with E-state index in [0.717, 1.165) is 50.3 Å². The highest BCUT2D eigenvalue weighted by Gasteiger charge is 2.35. The molecule has 3 rings (SSSR count). The van der Waals surface area contributed by atoms with Gasteiger partial charge in [-0.25, -0.2) is 4.39 Å². The van der Waals surface area contributed by atoms with Crippen LogP contribution in [0.2, 0.25) is 0 Å². The molecule has 0 spiro atoms. The molecular formula is C23H35FIN3O3. The summed E-state index contributed by atoms with van der Waals surface area (Å²) in [5.74, 6) is 0.373. The zero-order valence-electron chi connectivity index (χ0n) is 18.6. The lowest BCUT2D eigenvalue weighted by molar-refractivity contribution is -0.149. The van der Waals surface area contributed by atoms with Crippen LogP contribution in [-0.2, 0) is 19.7 Å². The van der Waals surface area contributed by atoms with Crippen LogP contribution in [0.25, 0.3) is 0 Å². The van der Waals surface area contributed by atoms with Gasteiger partial charge < -0.3 is 19.7 Å². The second kappa shape index (κ2) is 12.6. The summed E-state index contributed by atoms with van der Waals surface area (Å²) in [4.78, 5) is 19.4. The average Bonchev–Trinajstić information content (AvgIpc) is 2.78. The van der Waals surface area contributed by atoms with Crippen LogP contribution >= 0.6 is 24.0 Å². The molecule has 174 valence electrons. The molecule has 0 aliphatic carbocycles. The molecule has 1 aromatic carbocycles. The van der Waals surface area contributed by atoms with Crippen molar-refractivity contribution in [1.29, 1.82) is 0 Å². The zero-order chi connectivity index (χ0) is 21.4.